The Balaban J connectivity index is 2.29. The van der Waals surface area contributed by atoms with E-state index >= 15 is 0 Å². The van der Waals surface area contributed by atoms with Gasteiger partial charge in [-0.2, -0.15) is 0 Å². The summed E-state index contributed by atoms with van der Waals surface area (Å²) >= 11 is 1.36. The van der Waals surface area contributed by atoms with E-state index in [1.807, 2.05) is 45.9 Å². The summed E-state index contributed by atoms with van der Waals surface area (Å²) in [5, 5.41) is 4.65. The molecule has 1 rings (SSSR count). The molecule has 3 amide bonds. The third-order valence-corrected chi connectivity index (χ3v) is 4.11. The summed E-state index contributed by atoms with van der Waals surface area (Å²) in [5.74, 6) is -0.761. The summed E-state index contributed by atoms with van der Waals surface area (Å²) in [6.45, 7) is 7.83. The number of thioether (sulfide) groups is 1. The molecular weight excluding hydrogens is 328 g/mol. The molecular formula is C17H24N2O4S. The van der Waals surface area contributed by atoms with E-state index < -0.39 is 24.5 Å². The van der Waals surface area contributed by atoms with E-state index in [-0.39, 0.29) is 11.7 Å². The number of urea groups is 1. The average molecular weight is 352 g/mol. The number of amides is 3. The van der Waals surface area contributed by atoms with E-state index in [0.29, 0.717) is 6.54 Å². The maximum Gasteiger partial charge on any atom is 0.321 e. The van der Waals surface area contributed by atoms with Gasteiger partial charge in [-0.3, -0.25) is 14.9 Å². The maximum atomic E-state index is 11.7. The number of benzene rings is 1. The van der Waals surface area contributed by atoms with Crippen molar-refractivity contribution in [1.82, 2.24) is 10.6 Å². The van der Waals surface area contributed by atoms with E-state index in [2.05, 4.69) is 10.6 Å². The van der Waals surface area contributed by atoms with Gasteiger partial charge in [0.05, 0.1) is 5.75 Å². The molecule has 1 aromatic rings. The van der Waals surface area contributed by atoms with Crippen molar-refractivity contribution >= 4 is 29.7 Å². The first-order valence-electron chi connectivity index (χ1n) is 7.71. The molecule has 0 fully saturated rings. The van der Waals surface area contributed by atoms with Crippen LogP contribution in [0.1, 0.15) is 25.0 Å². The molecule has 0 saturated carbocycles. The van der Waals surface area contributed by atoms with Crippen LogP contribution in [-0.4, -0.2) is 36.8 Å². The Morgan fingerprint density at radius 1 is 1.21 bits per heavy atom. The van der Waals surface area contributed by atoms with Crippen molar-refractivity contribution in [2.45, 2.75) is 32.6 Å². The van der Waals surface area contributed by atoms with Crippen molar-refractivity contribution in [3.63, 3.8) is 0 Å². The van der Waals surface area contributed by atoms with E-state index in [1.165, 1.54) is 11.8 Å². The van der Waals surface area contributed by atoms with Crippen LogP contribution in [0.15, 0.2) is 23.1 Å². The molecule has 0 radical (unpaired) electrons. The summed E-state index contributed by atoms with van der Waals surface area (Å²) in [6, 6.07) is 5.41. The van der Waals surface area contributed by atoms with Crippen LogP contribution in [0.5, 0.6) is 0 Å². The monoisotopic (exact) mass is 352 g/mol. The first-order chi connectivity index (χ1) is 11.3. The number of hydrogen-bond acceptors (Lipinski definition) is 5. The minimum absolute atomic E-state index is 0.108. The summed E-state index contributed by atoms with van der Waals surface area (Å²) in [4.78, 5) is 35.6. The fourth-order valence-corrected chi connectivity index (χ4v) is 2.61. The largest absolute Gasteiger partial charge is 0.455 e. The highest BCUT2D eigenvalue weighted by atomic mass is 32.2. The van der Waals surface area contributed by atoms with Gasteiger partial charge in [0.15, 0.2) is 6.61 Å². The predicted octanol–water partition coefficient (Wildman–Crippen LogP) is 2.42. The lowest BCUT2D eigenvalue weighted by Gasteiger charge is -2.09. The smallest absolute Gasteiger partial charge is 0.321 e. The number of nitrogens with one attached hydrogen (secondary N) is 2. The van der Waals surface area contributed by atoms with Crippen molar-refractivity contribution < 1.29 is 19.1 Å². The highest BCUT2D eigenvalue weighted by molar-refractivity contribution is 8.00. The summed E-state index contributed by atoms with van der Waals surface area (Å²) in [7, 11) is 0. The van der Waals surface area contributed by atoms with E-state index in [9.17, 15) is 14.4 Å². The molecule has 0 aliphatic carbocycles. The molecule has 0 aromatic heterocycles. The van der Waals surface area contributed by atoms with Gasteiger partial charge in [0.2, 0.25) is 0 Å². The number of carbonyl (C=O) groups is 3. The first-order valence-corrected chi connectivity index (χ1v) is 8.70. The fourth-order valence-electron chi connectivity index (χ4n) is 1.69. The van der Waals surface area contributed by atoms with Crippen LogP contribution >= 0.6 is 11.8 Å². The highest BCUT2D eigenvalue weighted by Gasteiger charge is 2.12. The van der Waals surface area contributed by atoms with Crippen LogP contribution in [0.25, 0.3) is 0 Å². The van der Waals surface area contributed by atoms with Crippen molar-refractivity contribution in [2.24, 2.45) is 5.92 Å². The lowest BCUT2D eigenvalue weighted by Crippen LogP contribution is -2.42. The van der Waals surface area contributed by atoms with Gasteiger partial charge in [-0.05, 0) is 31.4 Å². The Bertz CT molecular complexity index is 602. The van der Waals surface area contributed by atoms with Crippen molar-refractivity contribution in [3.8, 4) is 0 Å². The fraction of sp³-hybridized carbons (Fsp3) is 0.471. The zero-order valence-corrected chi connectivity index (χ0v) is 15.3. The third kappa shape index (κ3) is 8.01. The van der Waals surface area contributed by atoms with Crippen LogP contribution in [0, 0.1) is 19.8 Å². The average Bonchev–Trinajstić information content (AvgIpc) is 2.51. The molecule has 0 aliphatic rings. The van der Waals surface area contributed by atoms with Gasteiger partial charge in [-0.1, -0.05) is 31.5 Å². The standard InChI is InChI=1S/C17H24N2O4S/c1-11(2)8-18-17(22)19-15(20)9-23-16(21)10-24-14-7-12(3)5-6-13(14)4/h5-7,11H,8-10H2,1-4H3,(H2,18,19,20,22). The number of imide groups is 1. The minimum Gasteiger partial charge on any atom is -0.455 e. The van der Waals surface area contributed by atoms with E-state index in [0.717, 1.165) is 16.0 Å². The second-order valence-corrected chi connectivity index (χ2v) is 6.89. The molecule has 0 unspecified atom stereocenters. The molecule has 0 atom stereocenters. The molecule has 7 heteroatoms. The van der Waals surface area contributed by atoms with Crippen LogP contribution in [0.3, 0.4) is 0 Å². The molecule has 0 saturated heterocycles. The van der Waals surface area contributed by atoms with Gasteiger partial charge in [-0.25, -0.2) is 4.79 Å². The minimum atomic E-state index is -0.652. The van der Waals surface area contributed by atoms with Crippen LogP contribution < -0.4 is 10.6 Å². The maximum absolute atomic E-state index is 11.7. The second-order valence-electron chi connectivity index (χ2n) is 5.87. The Kier molecular flexibility index (Phi) is 8.32. The third-order valence-electron chi connectivity index (χ3n) is 2.98. The zero-order valence-electron chi connectivity index (χ0n) is 14.5. The Morgan fingerprint density at radius 3 is 2.58 bits per heavy atom. The van der Waals surface area contributed by atoms with E-state index in [4.69, 9.17) is 4.74 Å². The van der Waals surface area contributed by atoms with Crippen LogP contribution in [-0.2, 0) is 14.3 Å². The molecule has 2 N–H and O–H groups in total. The predicted molar refractivity (Wildman–Crippen MR) is 94.0 cm³/mol. The summed E-state index contributed by atoms with van der Waals surface area (Å²) in [6.07, 6.45) is 0. The Morgan fingerprint density at radius 2 is 1.92 bits per heavy atom. The molecule has 0 spiro atoms. The lowest BCUT2D eigenvalue weighted by molar-refractivity contribution is -0.145. The van der Waals surface area contributed by atoms with Crippen LogP contribution in [0.2, 0.25) is 0 Å². The molecule has 0 bridgehead atoms. The molecule has 132 valence electrons. The topological polar surface area (TPSA) is 84.5 Å². The highest BCUT2D eigenvalue weighted by Crippen LogP contribution is 2.23. The molecule has 6 nitrogen and oxygen atoms in total. The van der Waals surface area contributed by atoms with Gasteiger partial charge in [-0.15, -0.1) is 11.8 Å². The van der Waals surface area contributed by atoms with E-state index in [1.54, 1.807) is 0 Å². The van der Waals surface area contributed by atoms with Gasteiger partial charge < -0.3 is 10.1 Å². The van der Waals surface area contributed by atoms with Gasteiger partial charge in [0.25, 0.3) is 5.91 Å². The first kappa shape index (κ1) is 20.0. The second kappa shape index (κ2) is 9.97. The van der Waals surface area contributed by atoms with Crippen LogP contribution in [0.4, 0.5) is 4.79 Å². The van der Waals surface area contributed by atoms with Crippen molar-refractivity contribution in [2.75, 3.05) is 18.9 Å². The van der Waals surface area contributed by atoms with Gasteiger partial charge >= 0.3 is 12.0 Å². The number of hydrogen-bond donors (Lipinski definition) is 2. The lowest BCUT2D eigenvalue weighted by atomic mass is 10.2. The number of aryl methyl sites for hydroxylation is 2. The quantitative estimate of drug-likeness (QED) is 0.581. The molecule has 1 aromatic carbocycles. The van der Waals surface area contributed by atoms with Crippen molar-refractivity contribution in [1.29, 1.82) is 0 Å². The number of rotatable bonds is 7. The number of ether oxygens (including phenoxy) is 1. The molecule has 0 heterocycles. The Labute approximate surface area is 146 Å². The zero-order chi connectivity index (χ0) is 18.1. The Hall–Kier alpha value is -2.02. The van der Waals surface area contributed by atoms with Gasteiger partial charge in [0, 0.05) is 11.4 Å². The molecule has 0 aliphatic heterocycles. The number of esters is 1. The SMILES string of the molecule is Cc1ccc(C)c(SCC(=O)OCC(=O)NC(=O)NCC(C)C)c1. The molecule has 24 heavy (non-hydrogen) atoms. The number of carbonyl (C=O) groups excluding carboxylic acids is 3. The summed E-state index contributed by atoms with van der Waals surface area (Å²) < 4.78 is 4.87. The normalized spacial score (nSPS) is 10.4. The van der Waals surface area contributed by atoms with Crippen molar-refractivity contribution in [3.05, 3.63) is 29.3 Å². The summed E-state index contributed by atoms with van der Waals surface area (Å²) in [5.41, 5.74) is 2.20. The van der Waals surface area contributed by atoms with Gasteiger partial charge in [0.1, 0.15) is 0 Å².